The summed E-state index contributed by atoms with van der Waals surface area (Å²) >= 11 is 0. The smallest absolute Gasteiger partial charge is 0.292 e. The molecule has 0 radical (unpaired) electrons. The molecule has 1 aliphatic heterocycles. The van der Waals surface area contributed by atoms with Crippen LogP contribution < -0.4 is 4.90 Å². The molecule has 0 aromatic heterocycles. The molecule has 0 bridgehead atoms. The summed E-state index contributed by atoms with van der Waals surface area (Å²) in [6.45, 7) is 3.05. The van der Waals surface area contributed by atoms with Crippen molar-refractivity contribution in [2.75, 3.05) is 31.6 Å². The van der Waals surface area contributed by atoms with Crippen molar-refractivity contribution in [1.29, 1.82) is 0 Å². The van der Waals surface area contributed by atoms with E-state index in [0.29, 0.717) is 18.8 Å². The van der Waals surface area contributed by atoms with Crippen LogP contribution in [0.2, 0.25) is 0 Å². The van der Waals surface area contributed by atoms with E-state index in [1.54, 1.807) is 42.0 Å². The molecule has 7 nitrogen and oxygen atoms in total. The Morgan fingerprint density at radius 1 is 1.52 bits per heavy atom. The van der Waals surface area contributed by atoms with Crippen LogP contribution in [-0.4, -0.2) is 53.6 Å². The number of piperidine rings is 1. The highest BCUT2D eigenvalue weighted by Crippen LogP contribution is 2.27. The molecule has 7 heteroatoms. The second kappa shape index (κ2) is 7.41. The largest absolute Gasteiger partial charge is 0.393 e. The Balaban J connectivity index is 2.04. The van der Waals surface area contributed by atoms with Crippen LogP contribution in [0.5, 0.6) is 0 Å². The maximum atomic E-state index is 12.5. The summed E-state index contributed by atoms with van der Waals surface area (Å²) in [6.07, 6.45) is 1.36. The van der Waals surface area contributed by atoms with Crippen molar-refractivity contribution in [3.8, 4) is 0 Å². The van der Waals surface area contributed by atoms with Gasteiger partial charge in [-0.3, -0.25) is 14.9 Å². The van der Waals surface area contributed by atoms with Crippen molar-refractivity contribution in [2.45, 2.75) is 25.9 Å². The standard InChI is InChI=1S/C16H23N3O4/c1-12(20)13-6-5-9-18(10-13)16(21)11-17(2)14-7-3-4-8-15(14)19(22)23/h3-4,7-8,12-13,20H,5-6,9-11H2,1-2H3. The lowest BCUT2D eigenvalue weighted by Crippen LogP contribution is -2.46. The molecule has 0 spiro atoms. The number of nitro benzene ring substituents is 1. The summed E-state index contributed by atoms with van der Waals surface area (Å²) in [6, 6.07) is 6.39. The van der Waals surface area contributed by atoms with Crippen molar-refractivity contribution in [1.82, 2.24) is 4.90 Å². The predicted molar refractivity (Wildman–Crippen MR) is 87.4 cm³/mol. The van der Waals surface area contributed by atoms with Crippen LogP contribution in [0, 0.1) is 16.0 Å². The van der Waals surface area contributed by atoms with Gasteiger partial charge in [-0.05, 0) is 25.8 Å². The van der Waals surface area contributed by atoms with Crippen LogP contribution in [0.3, 0.4) is 0 Å². The van der Waals surface area contributed by atoms with Crippen molar-refractivity contribution in [3.63, 3.8) is 0 Å². The Kier molecular flexibility index (Phi) is 5.54. The number of nitro groups is 1. The predicted octanol–water partition coefficient (Wildman–Crippen LogP) is 1.65. The second-order valence-electron chi connectivity index (χ2n) is 6.08. The van der Waals surface area contributed by atoms with Crippen molar-refractivity contribution < 1.29 is 14.8 Å². The quantitative estimate of drug-likeness (QED) is 0.658. The van der Waals surface area contributed by atoms with Gasteiger partial charge in [0, 0.05) is 32.1 Å². The number of aliphatic hydroxyl groups excluding tert-OH is 1. The van der Waals surface area contributed by atoms with Crippen molar-refractivity contribution in [2.24, 2.45) is 5.92 Å². The number of hydrogen-bond acceptors (Lipinski definition) is 5. The fourth-order valence-electron chi connectivity index (χ4n) is 2.96. The van der Waals surface area contributed by atoms with E-state index in [0.717, 1.165) is 12.8 Å². The van der Waals surface area contributed by atoms with Gasteiger partial charge in [-0.15, -0.1) is 0 Å². The molecule has 0 aliphatic carbocycles. The highest BCUT2D eigenvalue weighted by Gasteiger charge is 2.27. The number of benzene rings is 1. The van der Waals surface area contributed by atoms with Crippen molar-refractivity contribution in [3.05, 3.63) is 34.4 Å². The minimum atomic E-state index is -0.444. The monoisotopic (exact) mass is 321 g/mol. The zero-order chi connectivity index (χ0) is 17.0. The Labute approximate surface area is 135 Å². The van der Waals surface area contributed by atoms with E-state index in [-0.39, 0.29) is 24.1 Å². The minimum absolute atomic E-state index is 0.0108. The fourth-order valence-corrected chi connectivity index (χ4v) is 2.96. The molecule has 1 aromatic rings. The van der Waals surface area contributed by atoms with Gasteiger partial charge < -0.3 is 14.9 Å². The first kappa shape index (κ1) is 17.2. The van der Waals surface area contributed by atoms with Crippen molar-refractivity contribution >= 4 is 17.3 Å². The molecular weight excluding hydrogens is 298 g/mol. The Morgan fingerprint density at radius 2 is 2.22 bits per heavy atom. The molecule has 23 heavy (non-hydrogen) atoms. The minimum Gasteiger partial charge on any atom is -0.393 e. The third-order valence-corrected chi connectivity index (χ3v) is 4.35. The number of likely N-dealkylation sites (tertiary alicyclic amines) is 1. The summed E-state index contributed by atoms with van der Waals surface area (Å²) in [4.78, 5) is 26.5. The zero-order valence-electron chi connectivity index (χ0n) is 13.5. The normalized spacial score (nSPS) is 19.3. The van der Waals surface area contributed by atoms with Crippen LogP contribution in [0.15, 0.2) is 24.3 Å². The Bertz CT molecular complexity index is 576. The molecular formula is C16H23N3O4. The molecule has 1 N–H and O–H groups in total. The summed E-state index contributed by atoms with van der Waals surface area (Å²) in [7, 11) is 1.68. The van der Waals surface area contributed by atoms with E-state index in [1.165, 1.54) is 6.07 Å². The molecule has 2 rings (SSSR count). The lowest BCUT2D eigenvalue weighted by Gasteiger charge is -2.35. The molecule has 2 atom stereocenters. The fraction of sp³-hybridized carbons (Fsp3) is 0.562. The number of amides is 1. The summed E-state index contributed by atoms with van der Waals surface area (Å²) in [5, 5.41) is 20.8. The van der Waals surface area contributed by atoms with E-state index in [2.05, 4.69) is 0 Å². The molecule has 1 aliphatic rings. The molecule has 0 saturated carbocycles. The van der Waals surface area contributed by atoms with Crippen LogP contribution in [0.1, 0.15) is 19.8 Å². The molecule has 1 aromatic carbocycles. The van der Waals surface area contributed by atoms with E-state index in [9.17, 15) is 20.0 Å². The second-order valence-corrected chi connectivity index (χ2v) is 6.08. The maximum absolute atomic E-state index is 12.5. The molecule has 2 unspecified atom stereocenters. The van der Waals surface area contributed by atoms with E-state index in [4.69, 9.17) is 0 Å². The summed E-state index contributed by atoms with van der Waals surface area (Å²) < 4.78 is 0. The van der Waals surface area contributed by atoms with Crippen LogP contribution in [-0.2, 0) is 4.79 Å². The van der Waals surface area contributed by atoms with Gasteiger partial charge in [0.15, 0.2) is 0 Å². The SMILES string of the molecule is CC(O)C1CCCN(C(=O)CN(C)c2ccccc2[N+](=O)[O-])C1. The lowest BCUT2D eigenvalue weighted by molar-refractivity contribution is -0.384. The Morgan fingerprint density at radius 3 is 2.87 bits per heavy atom. The number of hydrogen-bond donors (Lipinski definition) is 1. The molecule has 1 amide bonds. The first-order chi connectivity index (χ1) is 10.9. The number of aliphatic hydroxyl groups is 1. The van der Waals surface area contributed by atoms with Crippen LogP contribution in [0.4, 0.5) is 11.4 Å². The highest BCUT2D eigenvalue weighted by molar-refractivity contribution is 5.82. The van der Waals surface area contributed by atoms with Gasteiger partial charge in [0.1, 0.15) is 5.69 Å². The van der Waals surface area contributed by atoms with Gasteiger partial charge in [-0.1, -0.05) is 12.1 Å². The number of nitrogens with zero attached hydrogens (tertiary/aromatic N) is 3. The van der Waals surface area contributed by atoms with Gasteiger partial charge in [-0.25, -0.2) is 0 Å². The first-order valence-electron chi connectivity index (χ1n) is 7.80. The van der Waals surface area contributed by atoms with Gasteiger partial charge in [-0.2, -0.15) is 0 Å². The van der Waals surface area contributed by atoms with Gasteiger partial charge in [0.25, 0.3) is 5.69 Å². The Hall–Kier alpha value is -2.15. The third-order valence-electron chi connectivity index (χ3n) is 4.35. The number of likely N-dealkylation sites (N-methyl/N-ethyl adjacent to an activating group) is 1. The molecule has 1 fully saturated rings. The lowest BCUT2D eigenvalue weighted by atomic mass is 9.93. The van der Waals surface area contributed by atoms with Gasteiger partial charge in [0.2, 0.25) is 5.91 Å². The highest BCUT2D eigenvalue weighted by atomic mass is 16.6. The average Bonchev–Trinajstić information content (AvgIpc) is 2.54. The average molecular weight is 321 g/mol. The summed E-state index contributed by atoms with van der Waals surface area (Å²) in [5.41, 5.74) is 0.415. The zero-order valence-corrected chi connectivity index (χ0v) is 13.5. The topological polar surface area (TPSA) is 86.9 Å². The van der Waals surface area contributed by atoms with Gasteiger partial charge >= 0.3 is 0 Å². The first-order valence-corrected chi connectivity index (χ1v) is 7.80. The third kappa shape index (κ3) is 4.19. The van der Waals surface area contributed by atoms with Crippen LogP contribution in [0.25, 0.3) is 0 Å². The molecule has 1 saturated heterocycles. The van der Waals surface area contributed by atoms with Crippen LogP contribution >= 0.6 is 0 Å². The summed E-state index contributed by atoms with van der Waals surface area (Å²) in [5.74, 6) is 0.0278. The molecule has 1 heterocycles. The number of rotatable bonds is 5. The number of carbonyl (C=O) groups is 1. The van der Waals surface area contributed by atoms with E-state index < -0.39 is 11.0 Å². The number of para-hydroxylation sites is 2. The number of carbonyl (C=O) groups excluding carboxylic acids is 1. The van der Waals surface area contributed by atoms with Gasteiger partial charge in [0.05, 0.1) is 17.6 Å². The molecule has 126 valence electrons. The number of anilines is 1. The van der Waals surface area contributed by atoms with E-state index in [1.807, 2.05) is 0 Å². The maximum Gasteiger partial charge on any atom is 0.292 e. The van der Waals surface area contributed by atoms with E-state index >= 15 is 0 Å².